The fourth-order valence-corrected chi connectivity index (χ4v) is 1.88. The molecule has 0 atom stereocenters. The molecule has 0 fully saturated rings. The maximum absolute atomic E-state index is 12.9. The molecule has 0 heterocycles. The van der Waals surface area contributed by atoms with Crippen LogP contribution in [-0.4, -0.2) is 5.11 Å². The zero-order valence-electron chi connectivity index (χ0n) is 11.0. The van der Waals surface area contributed by atoms with Gasteiger partial charge in [0.05, 0.1) is 12.2 Å². The third-order valence-corrected chi connectivity index (χ3v) is 2.91. The van der Waals surface area contributed by atoms with E-state index >= 15 is 0 Å². The number of hydrogen-bond donors (Lipinski definition) is 2. The van der Waals surface area contributed by atoms with Crippen LogP contribution in [-0.2, 0) is 19.4 Å². The molecule has 0 aromatic heterocycles. The number of nitrogens with two attached hydrogens (primary N) is 1. The van der Waals surface area contributed by atoms with Crippen LogP contribution in [0.2, 0.25) is 0 Å². The molecule has 21 heavy (non-hydrogen) atoms. The van der Waals surface area contributed by atoms with Crippen LogP contribution in [0.4, 0.5) is 18.9 Å². The highest BCUT2D eigenvalue weighted by Gasteiger charge is 2.33. The molecule has 0 radical (unpaired) electrons. The second-order valence-corrected chi connectivity index (χ2v) is 4.51. The first-order chi connectivity index (χ1) is 9.90. The highest BCUT2D eigenvalue weighted by molar-refractivity contribution is 5.46. The molecule has 2 rings (SSSR count). The van der Waals surface area contributed by atoms with Gasteiger partial charge in [-0.3, -0.25) is 0 Å². The minimum Gasteiger partial charge on any atom is -0.489 e. The van der Waals surface area contributed by atoms with Gasteiger partial charge in [0, 0.05) is 11.3 Å². The first kappa shape index (κ1) is 15.2. The molecule has 0 unspecified atom stereocenters. The smallest absolute Gasteiger partial charge is 0.416 e. The minimum absolute atomic E-state index is 0.00565. The van der Waals surface area contributed by atoms with Gasteiger partial charge in [0.25, 0.3) is 0 Å². The Morgan fingerprint density at radius 1 is 1.10 bits per heavy atom. The first-order valence-electron chi connectivity index (χ1n) is 6.18. The summed E-state index contributed by atoms with van der Waals surface area (Å²) >= 11 is 0. The van der Waals surface area contributed by atoms with Crippen LogP contribution in [0.3, 0.4) is 0 Å². The number of hydrogen-bond acceptors (Lipinski definition) is 3. The van der Waals surface area contributed by atoms with Crippen LogP contribution >= 0.6 is 0 Å². The average molecular weight is 297 g/mol. The van der Waals surface area contributed by atoms with E-state index in [1.54, 1.807) is 24.3 Å². The summed E-state index contributed by atoms with van der Waals surface area (Å²) in [6, 6.07) is 10.1. The van der Waals surface area contributed by atoms with Crippen molar-refractivity contribution in [2.24, 2.45) is 0 Å². The molecule has 0 spiro atoms. The number of nitrogen functional groups attached to an aromatic ring is 1. The van der Waals surface area contributed by atoms with Gasteiger partial charge in [-0.15, -0.1) is 0 Å². The summed E-state index contributed by atoms with van der Waals surface area (Å²) in [6.07, 6.45) is -4.49. The first-order valence-corrected chi connectivity index (χ1v) is 6.18. The maximum Gasteiger partial charge on any atom is 0.416 e. The molecular formula is C15H14F3NO2. The number of rotatable bonds is 4. The molecule has 2 aromatic carbocycles. The number of ether oxygens (including phenoxy) is 1. The Kier molecular flexibility index (Phi) is 4.37. The summed E-state index contributed by atoms with van der Waals surface area (Å²) in [6.45, 7) is -0.392. The Bertz CT molecular complexity index is 627. The van der Waals surface area contributed by atoms with Crippen molar-refractivity contribution < 1.29 is 23.0 Å². The van der Waals surface area contributed by atoms with Gasteiger partial charge in [0.1, 0.15) is 12.4 Å². The number of anilines is 1. The maximum atomic E-state index is 12.9. The van der Waals surface area contributed by atoms with E-state index in [1.807, 2.05) is 0 Å². The highest BCUT2D eigenvalue weighted by atomic mass is 19.4. The average Bonchev–Trinajstić information content (AvgIpc) is 2.45. The number of aliphatic hydroxyl groups excluding tert-OH is 1. The monoisotopic (exact) mass is 297 g/mol. The van der Waals surface area contributed by atoms with Gasteiger partial charge in [0.15, 0.2) is 0 Å². The standard InChI is InChI=1S/C15H14F3NO2/c16-15(17,18)14-7-12(19)5-4-11(14)9-21-13-3-1-2-10(6-13)8-20/h1-7,20H,8-9,19H2. The summed E-state index contributed by atoms with van der Waals surface area (Å²) in [7, 11) is 0. The molecule has 2 aromatic rings. The van der Waals surface area contributed by atoms with Crippen LogP contribution in [0.15, 0.2) is 42.5 Å². The van der Waals surface area contributed by atoms with Gasteiger partial charge in [0.2, 0.25) is 0 Å². The van der Waals surface area contributed by atoms with Gasteiger partial charge < -0.3 is 15.6 Å². The number of halogens is 3. The lowest BCUT2D eigenvalue weighted by Gasteiger charge is -2.14. The number of benzene rings is 2. The number of aliphatic hydroxyl groups is 1. The van der Waals surface area contributed by atoms with Crippen molar-refractivity contribution in [2.45, 2.75) is 19.4 Å². The molecule has 0 aliphatic heterocycles. The summed E-state index contributed by atoms with van der Waals surface area (Å²) < 4.78 is 44.1. The molecule has 0 aliphatic rings. The van der Waals surface area contributed by atoms with Gasteiger partial charge >= 0.3 is 6.18 Å². The van der Waals surface area contributed by atoms with E-state index in [9.17, 15) is 13.2 Å². The lowest BCUT2D eigenvalue weighted by molar-refractivity contribution is -0.138. The van der Waals surface area contributed by atoms with Crippen molar-refractivity contribution in [1.82, 2.24) is 0 Å². The van der Waals surface area contributed by atoms with E-state index < -0.39 is 11.7 Å². The zero-order chi connectivity index (χ0) is 15.5. The fraction of sp³-hybridized carbons (Fsp3) is 0.200. The predicted octanol–water partition coefficient (Wildman–Crippen LogP) is 3.36. The lowest BCUT2D eigenvalue weighted by Crippen LogP contribution is -2.11. The van der Waals surface area contributed by atoms with E-state index in [-0.39, 0.29) is 24.5 Å². The van der Waals surface area contributed by atoms with Crippen molar-refractivity contribution in [3.63, 3.8) is 0 Å². The van der Waals surface area contributed by atoms with Crippen LogP contribution < -0.4 is 10.5 Å². The lowest BCUT2D eigenvalue weighted by atomic mass is 10.1. The Morgan fingerprint density at radius 3 is 2.52 bits per heavy atom. The SMILES string of the molecule is Nc1ccc(COc2cccc(CO)c2)c(C(F)(F)F)c1. The zero-order valence-corrected chi connectivity index (χ0v) is 11.0. The van der Waals surface area contributed by atoms with Gasteiger partial charge in [-0.1, -0.05) is 18.2 Å². The van der Waals surface area contributed by atoms with E-state index in [0.717, 1.165) is 6.07 Å². The van der Waals surface area contributed by atoms with E-state index in [0.29, 0.717) is 11.3 Å². The van der Waals surface area contributed by atoms with Crippen molar-refractivity contribution in [2.75, 3.05) is 5.73 Å². The predicted molar refractivity (Wildman–Crippen MR) is 72.6 cm³/mol. The van der Waals surface area contributed by atoms with Crippen LogP contribution in [0.5, 0.6) is 5.75 Å². The molecule has 0 amide bonds. The Morgan fingerprint density at radius 2 is 1.86 bits per heavy atom. The van der Waals surface area contributed by atoms with Crippen molar-refractivity contribution in [1.29, 1.82) is 0 Å². The largest absolute Gasteiger partial charge is 0.489 e. The summed E-state index contributed by atoms with van der Waals surface area (Å²) in [5, 5.41) is 9.01. The highest BCUT2D eigenvalue weighted by Crippen LogP contribution is 2.33. The summed E-state index contributed by atoms with van der Waals surface area (Å²) in [5.74, 6) is 0.395. The molecule has 3 nitrogen and oxygen atoms in total. The molecule has 0 aliphatic carbocycles. The van der Waals surface area contributed by atoms with E-state index in [1.165, 1.54) is 12.1 Å². The second kappa shape index (κ2) is 6.05. The summed E-state index contributed by atoms with van der Waals surface area (Å²) in [5.41, 5.74) is 5.28. The molecular weight excluding hydrogens is 283 g/mol. The third-order valence-electron chi connectivity index (χ3n) is 2.91. The van der Waals surface area contributed by atoms with E-state index in [2.05, 4.69) is 0 Å². The number of alkyl halides is 3. The molecule has 6 heteroatoms. The van der Waals surface area contributed by atoms with Crippen molar-refractivity contribution >= 4 is 5.69 Å². The summed E-state index contributed by atoms with van der Waals surface area (Å²) in [4.78, 5) is 0. The van der Waals surface area contributed by atoms with Gasteiger partial charge in [-0.05, 0) is 29.8 Å². The third kappa shape index (κ3) is 3.88. The fourth-order valence-electron chi connectivity index (χ4n) is 1.88. The molecule has 112 valence electrons. The van der Waals surface area contributed by atoms with Crippen molar-refractivity contribution in [3.05, 3.63) is 59.2 Å². The minimum atomic E-state index is -4.49. The molecule has 3 N–H and O–H groups in total. The van der Waals surface area contributed by atoms with Gasteiger partial charge in [-0.2, -0.15) is 13.2 Å². The van der Waals surface area contributed by atoms with Crippen LogP contribution in [0.25, 0.3) is 0 Å². The topological polar surface area (TPSA) is 55.5 Å². The normalized spacial score (nSPS) is 11.4. The van der Waals surface area contributed by atoms with Crippen LogP contribution in [0, 0.1) is 0 Å². The van der Waals surface area contributed by atoms with Gasteiger partial charge in [-0.25, -0.2) is 0 Å². The molecule has 0 saturated heterocycles. The van der Waals surface area contributed by atoms with Crippen LogP contribution in [0.1, 0.15) is 16.7 Å². The molecule has 0 bridgehead atoms. The Balaban J connectivity index is 2.20. The van der Waals surface area contributed by atoms with E-state index in [4.69, 9.17) is 15.6 Å². The van der Waals surface area contributed by atoms with Crippen molar-refractivity contribution in [3.8, 4) is 5.75 Å². The Hall–Kier alpha value is -2.21. The molecule has 0 saturated carbocycles. The quantitative estimate of drug-likeness (QED) is 0.851. The second-order valence-electron chi connectivity index (χ2n) is 4.51. The Labute approximate surface area is 119 Å².